The molecule has 2 aromatic heterocycles. The number of aromatic amines is 1. The van der Waals surface area contributed by atoms with Gasteiger partial charge < -0.3 is 10.1 Å². The van der Waals surface area contributed by atoms with Crippen molar-refractivity contribution >= 4 is 17.7 Å². The van der Waals surface area contributed by atoms with Crippen LogP contribution in [0.5, 0.6) is 0 Å². The second kappa shape index (κ2) is 4.36. The largest absolute Gasteiger partial charge is 0.477 e. The van der Waals surface area contributed by atoms with Crippen LogP contribution >= 0.6 is 11.8 Å². The van der Waals surface area contributed by atoms with E-state index in [0.29, 0.717) is 16.4 Å². The Morgan fingerprint density at radius 1 is 1.56 bits per heavy atom. The van der Waals surface area contributed by atoms with Crippen LogP contribution < -0.4 is 0 Å². The fraction of sp³-hybridized carbons (Fsp3) is 0.100. The molecule has 2 heterocycles. The first-order chi connectivity index (χ1) is 7.72. The first kappa shape index (κ1) is 10.7. The van der Waals surface area contributed by atoms with Crippen LogP contribution in [0.3, 0.4) is 0 Å². The number of thioether (sulfide) groups is 1. The number of carboxylic acids is 1. The number of rotatable bonds is 3. The van der Waals surface area contributed by atoms with Gasteiger partial charge in [0.05, 0.1) is 0 Å². The lowest BCUT2D eigenvalue weighted by molar-refractivity contribution is 0.0691. The predicted molar refractivity (Wildman–Crippen MR) is 60.6 cm³/mol. The number of H-pyrrole nitrogens is 1. The number of hydrogen-bond donors (Lipinski definition) is 2. The van der Waals surface area contributed by atoms with Crippen LogP contribution in [-0.2, 0) is 0 Å². The van der Waals surface area contributed by atoms with Crippen LogP contribution in [0.4, 0.5) is 0 Å². The van der Waals surface area contributed by atoms with Gasteiger partial charge in [-0.1, -0.05) is 11.8 Å². The van der Waals surface area contributed by atoms with E-state index in [2.05, 4.69) is 15.0 Å². The van der Waals surface area contributed by atoms with Crippen molar-refractivity contribution in [3.8, 4) is 11.3 Å². The lowest BCUT2D eigenvalue weighted by Crippen LogP contribution is -1.99. The van der Waals surface area contributed by atoms with Crippen molar-refractivity contribution in [2.45, 2.75) is 5.16 Å². The summed E-state index contributed by atoms with van der Waals surface area (Å²) >= 11 is 1.37. The van der Waals surface area contributed by atoms with Crippen LogP contribution in [0.15, 0.2) is 29.7 Å². The van der Waals surface area contributed by atoms with Crippen LogP contribution in [0.25, 0.3) is 11.3 Å². The fourth-order valence-electron chi connectivity index (χ4n) is 1.31. The van der Waals surface area contributed by atoms with Gasteiger partial charge in [-0.15, -0.1) is 0 Å². The zero-order valence-corrected chi connectivity index (χ0v) is 9.28. The van der Waals surface area contributed by atoms with Gasteiger partial charge in [0.15, 0.2) is 10.9 Å². The standard InChI is InChI=1S/C10H9N3O2S/c1-16-10-12-7(8(13-10)9(14)15)6-3-2-4-11-5-6/h2-5H,1H3,(H,12,13)(H,14,15). The third-order valence-electron chi connectivity index (χ3n) is 2.02. The Morgan fingerprint density at radius 2 is 2.38 bits per heavy atom. The normalized spacial score (nSPS) is 10.3. The lowest BCUT2D eigenvalue weighted by Gasteiger charge is -1.96. The molecule has 0 radical (unpaired) electrons. The van der Waals surface area contributed by atoms with E-state index in [1.165, 1.54) is 11.8 Å². The van der Waals surface area contributed by atoms with Gasteiger partial charge in [-0.25, -0.2) is 9.78 Å². The molecule has 0 aliphatic heterocycles. The summed E-state index contributed by atoms with van der Waals surface area (Å²) in [7, 11) is 0. The smallest absolute Gasteiger partial charge is 0.354 e. The highest BCUT2D eigenvalue weighted by atomic mass is 32.2. The molecule has 16 heavy (non-hydrogen) atoms. The first-order valence-electron chi connectivity index (χ1n) is 4.50. The molecule has 0 unspecified atom stereocenters. The maximum atomic E-state index is 11.0. The zero-order chi connectivity index (χ0) is 11.5. The van der Waals surface area contributed by atoms with Gasteiger partial charge in [0.1, 0.15) is 5.69 Å². The number of carbonyl (C=O) groups is 1. The number of hydrogen-bond acceptors (Lipinski definition) is 4. The number of nitrogens with zero attached hydrogens (tertiary/aromatic N) is 2. The summed E-state index contributed by atoms with van der Waals surface area (Å²) in [4.78, 5) is 21.9. The molecule has 0 spiro atoms. The molecule has 0 amide bonds. The number of aromatic nitrogens is 3. The van der Waals surface area contributed by atoms with Gasteiger partial charge in [0, 0.05) is 18.0 Å². The number of carboxylic acid groups (broad SMARTS) is 1. The van der Waals surface area contributed by atoms with Crippen LogP contribution in [-0.4, -0.2) is 32.3 Å². The van der Waals surface area contributed by atoms with Gasteiger partial charge in [-0.3, -0.25) is 4.98 Å². The van der Waals surface area contributed by atoms with Gasteiger partial charge in [0.25, 0.3) is 0 Å². The quantitative estimate of drug-likeness (QED) is 0.794. The second-order valence-electron chi connectivity index (χ2n) is 3.02. The Bertz CT molecular complexity index is 510. The van der Waals surface area contributed by atoms with Crippen molar-refractivity contribution in [3.05, 3.63) is 30.2 Å². The first-order valence-corrected chi connectivity index (χ1v) is 5.72. The maximum Gasteiger partial charge on any atom is 0.354 e. The van der Waals surface area contributed by atoms with Crippen molar-refractivity contribution in [2.75, 3.05) is 6.26 Å². The van der Waals surface area contributed by atoms with Gasteiger partial charge in [-0.2, -0.15) is 0 Å². The molecule has 0 aromatic carbocycles. The summed E-state index contributed by atoms with van der Waals surface area (Å²) in [6.07, 6.45) is 5.05. The van der Waals surface area contributed by atoms with E-state index in [1.54, 1.807) is 24.5 Å². The van der Waals surface area contributed by atoms with E-state index in [-0.39, 0.29) is 5.69 Å². The third kappa shape index (κ3) is 1.92. The molecule has 0 saturated heterocycles. The summed E-state index contributed by atoms with van der Waals surface area (Å²) in [5.74, 6) is -1.02. The zero-order valence-electron chi connectivity index (χ0n) is 8.47. The monoisotopic (exact) mass is 235 g/mol. The van der Waals surface area contributed by atoms with Crippen molar-refractivity contribution in [1.82, 2.24) is 15.0 Å². The Kier molecular flexibility index (Phi) is 2.91. The van der Waals surface area contributed by atoms with Crippen molar-refractivity contribution < 1.29 is 9.90 Å². The molecule has 2 N–H and O–H groups in total. The molecule has 0 bridgehead atoms. The topological polar surface area (TPSA) is 78.9 Å². The molecule has 0 aliphatic rings. The highest BCUT2D eigenvalue weighted by Crippen LogP contribution is 2.23. The SMILES string of the molecule is CSc1nc(-c2cccnc2)c(C(=O)O)[nH]1. The van der Waals surface area contributed by atoms with Gasteiger partial charge in [-0.05, 0) is 18.4 Å². The van der Waals surface area contributed by atoms with E-state index in [1.807, 2.05) is 6.26 Å². The van der Waals surface area contributed by atoms with Crippen molar-refractivity contribution in [3.63, 3.8) is 0 Å². The van der Waals surface area contributed by atoms with E-state index in [4.69, 9.17) is 5.11 Å². The van der Waals surface area contributed by atoms with Gasteiger partial charge >= 0.3 is 5.97 Å². The summed E-state index contributed by atoms with van der Waals surface area (Å²) in [5.41, 5.74) is 1.21. The Balaban J connectivity index is 2.55. The average molecular weight is 235 g/mol. The summed E-state index contributed by atoms with van der Waals surface area (Å²) in [6.45, 7) is 0. The molecular weight excluding hydrogens is 226 g/mol. The molecule has 0 atom stereocenters. The number of imidazole rings is 1. The average Bonchev–Trinajstić information content (AvgIpc) is 2.74. The van der Waals surface area contributed by atoms with Crippen LogP contribution in [0, 0.1) is 0 Å². The van der Waals surface area contributed by atoms with E-state index in [9.17, 15) is 4.79 Å². The summed E-state index contributed by atoms with van der Waals surface area (Å²) in [6, 6.07) is 3.52. The fourth-order valence-corrected chi connectivity index (χ4v) is 1.70. The highest BCUT2D eigenvalue weighted by Gasteiger charge is 2.17. The molecule has 0 fully saturated rings. The number of aromatic carboxylic acids is 1. The number of nitrogens with one attached hydrogen (secondary N) is 1. The van der Waals surface area contributed by atoms with E-state index < -0.39 is 5.97 Å². The molecule has 0 saturated carbocycles. The third-order valence-corrected chi connectivity index (χ3v) is 2.60. The minimum absolute atomic E-state index is 0.0948. The van der Waals surface area contributed by atoms with E-state index in [0.717, 1.165) is 0 Å². The molecule has 2 aromatic rings. The Hall–Kier alpha value is -1.82. The summed E-state index contributed by atoms with van der Waals surface area (Å²) in [5, 5.41) is 9.61. The van der Waals surface area contributed by atoms with E-state index >= 15 is 0 Å². The molecule has 2 rings (SSSR count). The van der Waals surface area contributed by atoms with Crippen molar-refractivity contribution in [2.24, 2.45) is 0 Å². The highest BCUT2D eigenvalue weighted by molar-refractivity contribution is 7.98. The Labute approximate surface area is 95.9 Å². The molecule has 5 nitrogen and oxygen atoms in total. The minimum Gasteiger partial charge on any atom is -0.477 e. The lowest BCUT2D eigenvalue weighted by atomic mass is 10.2. The molecule has 0 aliphatic carbocycles. The molecular formula is C10H9N3O2S. The number of pyridine rings is 1. The molecule has 6 heteroatoms. The summed E-state index contributed by atoms with van der Waals surface area (Å²) < 4.78 is 0. The Morgan fingerprint density at radius 3 is 2.94 bits per heavy atom. The van der Waals surface area contributed by atoms with Gasteiger partial charge in [0.2, 0.25) is 0 Å². The van der Waals surface area contributed by atoms with Crippen LogP contribution in [0.1, 0.15) is 10.5 Å². The predicted octanol–water partition coefficient (Wildman–Crippen LogP) is 1.89. The second-order valence-corrected chi connectivity index (χ2v) is 3.81. The van der Waals surface area contributed by atoms with Crippen LogP contribution in [0.2, 0.25) is 0 Å². The molecule has 82 valence electrons. The maximum absolute atomic E-state index is 11.0. The minimum atomic E-state index is -1.02. The van der Waals surface area contributed by atoms with Crippen molar-refractivity contribution in [1.29, 1.82) is 0 Å².